The van der Waals surface area contributed by atoms with Gasteiger partial charge in [0.2, 0.25) is 23.6 Å². The fraction of sp³-hybridized carbons (Fsp3) is 0.396. The van der Waals surface area contributed by atoms with Gasteiger partial charge in [-0.2, -0.15) is 0 Å². The van der Waals surface area contributed by atoms with Crippen molar-refractivity contribution in [1.82, 2.24) is 37.2 Å². The van der Waals surface area contributed by atoms with E-state index in [0.29, 0.717) is 19.4 Å². The molecule has 4 atom stereocenters. The molecule has 26 N–H and O–H groups in total. The molecule has 0 spiro atoms. The van der Waals surface area contributed by atoms with Gasteiger partial charge in [0.05, 0.1) is 44.1 Å². The van der Waals surface area contributed by atoms with Gasteiger partial charge in [-0.25, -0.2) is 0 Å². The number of carbonyl (C=O) groups excluding carboxylic acids is 7. The number of methoxy groups -OCH3 is 3. The van der Waals surface area contributed by atoms with E-state index in [4.69, 9.17) is 70.2 Å². The average Bonchev–Trinajstić information content (AvgIpc) is 3.40. The summed E-state index contributed by atoms with van der Waals surface area (Å²) in [6, 6.07) is 8.00. The molecule has 0 bridgehead atoms. The normalized spacial score (nSPS) is 12.1. The summed E-state index contributed by atoms with van der Waals surface area (Å²) in [5, 5.41) is 56.2. The highest BCUT2D eigenvalue weighted by Crippen LogP contribution is 2.27. The SMILES string of the molecule is COc1ccc(NC(=O)[C@@H](CCCNC(=N)N)NC(=O)c2cc(NC(=O)[C@@H](CCCNC(=N)N)NC(=O)c3cc(NC(=O)[C@H](N)CCCNC(=N)N)ccc3OC)ccc2OC)cc1C(=O)N[C@H](CCCNC(=N)N)C(N)=O. The molecule has 424 valence electrons. The Balaban J connectivity index is 1.89. The lowest BCUT2D eigenvalue weighted by Crippen LogP contribution is -2.45. The van der Waals surface area contributed by atoms with Crippen molar-refractivity contribution in [2.45, 2.75) is 75.5 Å². The first kappa shape index (κ1) is 62.7. The molecule has 3 rings (SSSR count). The lowest BCUT2D eigenvalue weighted by molar-refractivity contribution is -0.120. The Kier molecular flexibility index (Phi) is 25.7. The van der Waals surface area contributed by atoms with Crippen molar-refractivity contribution in [3.05, 3.63) is 71.3 Å². The highest BCUT2D eigenvalue weighted by atomic mass is 16.5. The molecule has 3 aromatic rings. The number of hydrogen-bond donors (Lipinski definition) is 20. The Morgan fingerprint density at radius 1 is 0.436 bits per heavy atom. The predicted molar refractivity (Wildman–Crippen MR) is 292 cm³/mol. The first-order valence-corrected chi connectivity index (χ1v) is 24.3. The van der Waals surface area contributed by atoms with Crippen molar-refractivity contribution in [2.24, 2.45) is 34.4 Å². The zero-order valence-corrected chi connectivity index (χ0v) is 43.5. The Morgan fingerprint density at radius 2 is 0.718 bits per heavy atom. The van der Waals surface area contributed by atoms with E-state index in [2.05, 4.69) is 53.2 Å². The molecule has 0 heterocycles. The van der Waals surface area contributed by atoms with E-state index < -0.39 is 65.5 Å². The van der Waals surface area contributed by atoms with Gasteiger partial charge in [-0.3, -0.25) is 55.2 Å². The molecule has 0 saturated heterocycles. The summed E-state index contributed by atoms with van der Waals surface area (Å²) in [7, 11) is 3.95. The van der Waals surface area contributed by atoms with E-state index in [1.807, 2.05) is 0 Å². The Bertz CT molecular complexity index is 2650. The van der Waals surface area contributed by atoms with Crippen molar-refractivity contribution in [3.8, 4) is 17.2 Å². The van der Waals surface area contributed by atoms with Crippen LogP contribution in [0.25, 0.3) is 0 Å². The third kappa shape index (κ3) is 21.3. The van der Waals surface area contributed by atoms with Crippen LogP contribution in [0, 0.1) is 21.6 Å². The number of nitrogens with one attached hydrogen (secondary N) is 14. The Morgan fingerprint density at radius 3 is 1.01 bits per heavy atom. The van der Waals surface area contributed by atoms with Gasteiger partial charge in [-0.05, 0) is 106 Å². The molecule has 0 radical (unpaired) electrons. The Labute approximate surface area is 449 Å². The van der Waals surface area contributed by atoms with Gasteiger partial charge in [0.15, 0.2) is 23.8 Å². The summed E-state index contributed by atoms with van der Waals surface area (Å²) in [5.74, 6) is -6.05. The number of primary amides is 1. The zero-order chi connectivity index (χ0) is 57.9. The van der Waals surface area contributed by atoms with Crippen LogP contribution in [-0.4, -0.2) is 137 Å². The lowest BCUT2D eigenvalue weighted by Gasteiger charge is -2.21. The lowest BCUT2D eigenvalue weighted by atomic mass is 10.1. The molecule has 7 amide bonds. The summed E-state index contributed by atoms with van der Waals surface area (Å²) in [6.45, 7) is 0.877. The minimum atomic E-state index is -1.28. The number of carbonyl (C=O) groups is 7. The minimum absolute atomic E-state index is 0.00651. The number of anilines is 3. The van der Waals surface area contributed by atoms with Crippen LogP contribution in [0.4, 0.5) is 17.1 Å². The summed E-state index contributed by atoms with van der Waals surface area (Å²) in [4.78, 5) is 95.0. The number of guanidine groups is 4. The molecule has 78 heavy (non-hydrogen) atoms. The first-order chi connectivity index (χ1) is 37.1. The van der Waals surface area contributed by atoms with Gasteiger partial charge in [0.1, 0.15) is 35.4 Å². The molecule has 0 aliphatic carbocycles. The van der Waals surface area contributed by atoms with Crippen molar-refractivity contribution in [1.29, 1.82) is 21.6 Å². The highest BCUT2D eigenvalue weighted by molar-refractivity contribution is 6.07. The van der Waals surface area contributed by atoms with Crippen LogP contribution in [0.2, 0.25) is 0 Å². The standard InChI is InChI=1S/C48H72N20O10/c1-76-35-16-13-26(23-28(35)39(70)66-32(38(50)69)9-5-19-60-46(53)54)64-43(74)34(11-7-21-62-48(57)58)68-41(72)30-24-27(14-17-37(30)78-3)65-44(75)33(10-6-20-61-47(55)56)67-40(71)29-22-25(12-15-36(29)77-2)63-42(73)31(49)8-4-18-59-45(51)52/h12-17,22-24,31-34H,4-11,18-21,49H2,1-3H3,(H2,50,69)(H,63,73)(H,64,74)(H,65,75)(H,66,70)(H,67,71)(H,68,72)(H4,51,52,59)(H4,53,54,60)(H4,55,56,61)(H4,57,58,62)/t31-,32-,33-,34-/m1/s1. The van der Waals surface area contributed by atoms with E-state index in [1.165, 1.54) is 75.9 Å². The maximum absolute atomic E-state index is 14.2. The molecule has 0 unspecified atom stereocenters. The summed E-state index contributed by atoms with van der Waals surface area (Å²) >= 11 is 0. The predicted octanol–water partition coefficient (Wildman–Crippen LogP) is -1.91. The summed E-state index contributed by atoms with van der Waals surface area (Å²) in [5.41, 5.74) is 33.3. The number of nitrogens with two attached hydrogens (primary N) is 6. The van der Waals surface area contributed by atoms with Gasteiger partial charge in [0.25, 0.3) is 17.7 Å². The molecular formula is C48H72N20O10. The highest BCUT2D eigenvalue weighted by Gasteiger charge is 2.28. The number of ether oxygens (including phenoxy) is 3. The van der Waals surface area contributed by atoms with Crippen LogP contribution in [0.5, 0.6) is 17.2 Å². The van der Waals surface area contributed by atoms with Gasteiger partial charge >= 0.3 is 0 Å². The largest absolute Gasteiger partial charge is 0.496 e. The van der Waals surface area contributed by atoms with Crippen LogP contribution in [-0.2, 0) is 19.2 Å². The fourth-order valence-corrected chi connectivity index (χ4v) is 7.38. The summed E-state index contributed by atoms with van der Waals surface area (Å²) < 4.78 is 16.3. The molecule has 3 aromatic carbocycles. The fourth-order valence-electron chi connectivity index (χ4n) is 7.38. The van der Waals surface area contributed by atoms with Crippen molar-refractivity contribution < 1.29 is 47.8 Å². The first-order valence-electron chi connectivity index (χ1n) is 24.3. The van der Waals surface area contributed by atoms with Crippen LogP contribution in [0.3, 0.4) is 0 Å². The third-order valence-corrected chi connectivity index (χ3v) is 11.3. The second kappa shape index (κ2) is 32.0. The molecule has 0 aliphatic rings. The topological polar surface area (TPSA) is 519 Å². The van der Waals surface area contributed by atoms with Crippen LogP contribution in [0.1, 0.15) is 82.4 Å². The second-order valence-electron chi connectivity index (χ2n) is 17.2. The molecular weight excluding hydrogens is 1020 g/mol. The van der Waals surface area contributed by atoms with E-state index in [-0.39, 0.29) is 133 Å². The average molecular weight is 1090 g/mol. The number of benzene rings is 3. The number of hydrogen-bond acceptors (Lipinski definition) is 15. The molecule has 0 aliphatic heterocycles. The molecule has 0 saturated carbocycles. The van der Waals surface area contributed by atoms with E-state index in [1.54, 1.807) is 0 Å². The molecule has 0 fully saturated rings. The third-order valence-electron chi connectivity index (χ3n) is 11.3. The van der Waals surface area contributed by atoms with Gasteiger partial charge in [0, 0.05) is 43.2 Å². The number of rotatable bonds is 32. The Hall–Kier alpha value is -9.61. The minimum Gasteiger partial charge on any atom is -0.496 e. The van der Waals surface area contributed by atoms with Gasteiger partial charge in [-0.15, -0.1) is 0 Å². The maximum atomic E-state index is 14.2. The van der Waals surface area contributed by atoms with E-state index in [9.17, 15) is 33.6 Å². The maximum Gasteiger partial charge on any atom is 0.255 e. The van der Waals surface area contributed by atoms with E-state index >= 15 is 0 Å². The second-order valence-corrected chi connectivity index (χ2v) is 17.2. The van der Waals surface area contributed by atoms with Crippen LogP contribution < -0.4 is 102 Å². The smallest absolute Gasteiger partial charge is 0.255 e. The quantitative estimate of drug-likeness (QED) is 0.0184. The molecule has 0 aromatic heterocycles. The van der Waals surface area contributed by atoms with Crippen LogP contribution in [0.15, 0.2) is 54.6 Å². The zero-order valence-electron chi connectivity index (χ0n) is 43.5. The molecule has 30 heteroatoms. The van der Waals surface area contributed by atoms with Crippen LogP contribution >= 0.6 is 0 Å². The van der Waals surface area contributed by atoms with Crippen molar-refractivity contribution >= 4 is 82.3 Å². The van der Waals surface area contributed by atoms with Crippen molar-refractivity contribution in [2.75, 3.05) is 63.5 Å². The molecule has 30 nitrogen and oxygen atoms in total. The van der Waals surface area contributed by atoms with Gasteiger partial charge < -0.3 is 102 Å². The van der Waals surface area contributed by atoms with E-state index in [0.717, 1.165) is 0 Å². The summed E-state index contributed by atoms with van der Waals surface area (Å²) in [6.07, 6.45) is 1.59. The monoisotopic (exact) mass is 1090 g/mol. The van der Waals surface area contributed by atoms with Crippen molar-refractivity contribution in [3.63, 3.8) is 0 Å². The van der Waals surface area contributed by atoms with Gasteiger partial charge in [-0.1, -0.05) is 0 Å². The number of amides is 7.